The Balaban J connectivity index is 2.64. The van der Waals surface area contributed by atoms with E-state index in [4.69, 9.17) is 17.3 Å². The average molecular weight is 216 g/mol. The van der Waals surface area contributed by atoms with Gasteiger partial charge in [-0.05, 0) is 24.1 Å². The van der Waals surface area contributed by atoms with Crippen LogP contribution in [0.25, 0.3) is 0 Å². The first kappa shape index (κ1) is 10.9. The molecule has 0 aromatic heterocycles. The molecule has 0 atom stereocenters. The minimum absolute atomic E-state index is 0.730. The highest BCUT2D eigenvalue weighted by Gasteiger charge is 2.02. The molecule has 0 radical (unpaired) electrons. The molecule has 0 unspecified atom stereocenters. The lowest BCUT2D eigenvalue weighted by Gasteiger charge is -2.06. The standard InChI is InChI=1S/C10H14ClNS/c1-8-3-2-4-10(11)9(8)7-13-6-5-12/h2-4H,5-7,12H2,1H3. The summed E-state index contributed by atoms with van der Waals surface area (Å²) in [5, 5.41) is 0.865. The van der Waals surface area contributed by atoms with Gasteiger partial charge < -0.3 is 5.73 Å². The Hall–Kier alpha value is -0.180. The fraction of sp³-hybridized carbons (Fsp3) is 0.400. The predicted octanol–water partition coefficient (Wildman–Crippen LogP) is 2.84. The van der Waals surface area contributed by atoms with Crippen molar-refractivity contribution in [1.82, 2.24) is 0 Å². The summed E-state index contributed by atoms with van der Waals surface area (Å²) in [7, 11) is 0. The minimum Gasteiger partial charge on any atom is -0.330 e. The molecule has 0 saturated heterocycles. The van der Waals surface area contributed by atoms with Crippen molar-refractivity contribution < 1.29 is 0 Å². The molecule has 72 valence electrons. The van der Waals surface area contributed by atoms with Crippen LogP contribution in [0.3, 0.4) is 0 Å². The molecule has 0 bridgehead atoms. The second kappa shape index (κ2) is 5.53. The second-order valence-electron chi connectivity index (χ2n) is 2.88. The largest absolute Gasteiger partial charge is 0.330 e. The third-order valence-corrected chi connectivity index (χ3v) is 3.23. The lowest BCUT2D eigenvalue weighted by Crippen LogP contribution is -2.01. The highest BCUT2D eigenvalue weighted by Crippen LogP contribution is 2.23. The molecule has 3 heteroatoms. The zero-order chi connectivity index (χ0) is 9.68. The zero-order valence-corrected chi connectivity index (χ0v) is 9.29. The van der Waals surface area contributed by atoms with Crippen molar-refractivity contribution in [2.24, 2.45) is 5.73 Å². The SMILES string of the molecule is Cc1cccc(Cl)c1CSCCN. The predicted molar refractivity (Wildman–Crippen MR) is 61.4 cm³/mol. The van der Waals surface area contributed by atoms with Crippen molar-refractivity contribution in [1.29, 1.82) is 0 Å². The summed E-state index contributed by atoms with van der Waals surface area (Å²) >= 11 is 7.89. The van der Waals surface area contributed by atoms with Crippen LogP contribution in [-0.4, -0.2) is 12.3 Å². The van der Waals surface area contributed by atoms with Crippen molar-refractivity contribution in [3.63, 3.8) is 0 Å². The molecule has 0 heterocycles. The van der Waals surface area contributed by atoms with Gasteiger partial charge in [0.1, 0.15) is 0 Å². The van der Waals surface area contributed by atoms with Gasteiger partial charge in [0.15, 0.2) is 0 Å². The lowest BCUT2D eigenvalue weighted by molar-refractivity contribution is 1.15. The van der Waals surface area contributed by atoms with Crippen LogP contribution in [0.2, 0.25) is 5.02 Å². The molecule has 1 rings (SSSR count). The van der Waals surface area contributed by atoms with Crippen LogP contribution in [0.15, 0.2) is 18.2 Å². The van der Waals surface area contributed by atoms with Crippen molar-refractivity contribution >= 4 is 23.4 Å². The van der Waals surface area contributed by atoms with E-state index in [2.05, 4.69) is 13.0 Å². The normalized spacial score (nSPS) is 10.4. The number of aryl methyl sites for hydroxylation is 1. The fourth-order valence-corrected chi connectivity index (χ4v) is 2.37. The van der Waals surface area contributed by atoms with E-state index >= 15 is 0 Å². The Morgan fingerprint density at radius 1 is 1.46 bits per heavy atom. The maximum Gasteiger partial charge on any atom is 0.0449 e. The Morgan fingerprint density at radius 2 is 2.23 bits per heavy atom. The van der Waals surface area contributed by atoms with E-state index in [1.165, 1.54) is 11.1 Å². The van der Waals surface area contributed by atoms with Crippen LogP contribution >= 0.6 is 23.4 Å². The summed E-state index contributed by atoms with van der Waals surface area (Å²) in [5.74, 6) is 1.95. The first-order valence-corrected chi connectivity index (χ1v) is 5.80. The second-order valence-corrected chi connectivity index (χ2v) is 4.39. The Morgan fingerprint density at radius 3 is 2.85 bits per heavy atom. The maximum absolute atomic E-state index is 6.06. The van der Waals surface area contributed by atoms with E-state index in [1.54, 1.807) is 0 Å². The summed E-state index contributed by atoms with van der Waals surface area (Å²) in [4.78, 5) is 0. The van der Waals surface area contributed by atoms with E-state index < -0.39 is 0 Å². The molecule has 0 aliphatic carbocycles. The summed E-state index contributed by atoms with van der Waals surface area (Å²) in [6, 6.07) is 6.01. The van der Waals surface area contributed by atoms with Gasteiger partial charge in [-0.2, -0.15) is 11.8 Å². The molecule has 0 fully saturated rings. The molecule has 0 aliphatic rings. The zero-order valence-electron chi connectivity index (χ0n) is 7.72. The summed E-state index contributed by atoms with van der Waals surface area (Å²) < 4.78 is 0. The van der Waals surface area contributed by atoms with Gasteiger partial charge in [0.05, 0.1) is 0 Å². The van der Waals surface area contributed by atoms with Gasteiger partial charge in [0.25, 0.3) is 0 Å². The third-order valence-electron chi connectivity index (χ3n) is 1.86. The number of hydrogen-bond donors (Lipinski definition) is 1. The number of hydrogen-bond acceptors (Lipinski definition) is 2. The van der Waals surface area contributed by atoms with E-state index in [-0.39, 0.29) is 0 Å². The topological polar surface area (TPSA) is 26.0 Å². The van der Waals surface area contributed by atoms with Crippen LogP contribution in [0.5, 0.6) is 0 Å². The average Bonchev–Trinajstić information content (AvgIpc) is 2.10. The van der Waals surface area contributed by atoms with Gasteiger partial charge in [-0.1, -0.05) is 23.7 Å². The molecule has 2 N–H and O–H groups in total. The van der Waals surface area contributed by atoms with Gasteiger partial charge >= 0.3 is 0 Å². The summed E-state index contributed by atoms with van der Waals surface area (Å²) in [6.45, 7) is 2.82. The van der Waals surface area contributed by atoms with Gasteiger partial charge in [0.2, 0.25) is 0 Å². The first-order chi connectivity index (χ1) is 6.25. The molecule has 0 amide bonds. The molecule has 0 saturated carbocycles. The van der Waals surface area contributed by atoms with Gasteiger partial charge in [0, 0.05) is 23.1 Å². The van der Waals surface area contributed by atoms with Crippen molar-refractivity contribution in [3.05, 3.63) is 34.3 Å². The number of halogens is 1. The molecule has 13 heavy (non-hydrogen) atoms. The quantitative estimate of drug-likeness (QED) is 0.782. The van der Waals surface area contributed by atoms with Gasteiger partial charge in [-0.25, -0.2) is 0 Å². The Kier molecular flexibility index (Phi) is 4.64. The lowest BCUT2D eigenvalue weighted by atomic mass is 10.1. The van der Waals surface area contributed by atoms with Crippen LogP contribution in [0.4, 0.5) is 0 Å². The highest BCUT2D eigenvalue weighted by molar-refractivity contribution is 7.98. The van der Waals surface area contributed by atoms with Crippen molar-refractivity contribution in [2.75, 3.05) is 12.3 Å². The number of thioether (sulfide) groups is 1. The number of benzene rings is 1. The molecule has 0 aliphatic heterocycles. The highest BCUT2D eigenvalue weighted by atomic mass is 35.5. The molecular formula is C10H14ClNS. The van der Waals surface area contributed by atoms with Crippen LogP contribution in [0.1, 0.15) is 11.1 Å². The molecule has 1 aromatic rings. The van der Waals surface area contributed by atoms with Crippen LogP contribution in [-0.2, 0) is 5.75 Å². The Bertz CT molecular complexity index is 255. The number of rotatable bonds is 4. The van der Waals surface area contributed by atoms with Crippen molar-refractivity contribution in [2.45, 2.75) is 12.7 Å². The Labute approximate surface area is 88.7 Å². The summed E-state index contributed by atoms with van der Waals surface area (Å²) in [6.07, 6.45) is 0. The van der Waals surface area contributed by atoms with E-state index in [9.17, 15) is 0 Å². The van der Waals surface area contributed by atoms with E-state index in [0.29, 0.717) is 0 Å². The molecule has 1 nitrogen and oxygen atoms in total. The molecular weight excluding hydrogens is 202 g/mol. The fourth-order valence-electron chi connectivity index (χ4n) is 1.11. The monoisotopic (exact) mass is 215 g/mol. The minimum atomic E-state index is 0.730. The van der Waals surface area contributed by atoms with Crippen LogP contribution in [0, 0.1) is 6.92 Å². The van der Waals surface area contributed by atoms with E-state index in [1.807, 2.05) is 23.9 Å². The maximum atomic E-state index is 6.06. The van der Waals surface area contributed by atoms with Crippen molar-refractivity contribution in [3.8, 4) is 0 Å². The number of nitrogens with two attached hydrogens (primary N) is 1. The smallest absolute Gasteiger partial charge is 0.0449 e. The third kappa shape index (κ3) is 3.22. The molecule has 0 spiro atoms. The first-order valence-electron chi connectivity index (χ1n) is 4.27. The van der Waals surface area contributed by atoms with Gasteiger partial charge in [-0.15, -0.1) is 0 Å². The molecule has 1 aromatic carbocycles. The summed E-state index contributed by atoms with van der Waals surface area (Å²) in [5.41, 5.74) is 7.91. The van der Waals surface area contributed by atoms with Crippen LogP contribution < -0.4 is 5.73 Å². The van der Waals surface area contributed by atoms with E-state index in [0.717, 1.165) is 23.1 Å². The van der Waals surface area contributed by atoms with Gasteiger partial charge in [-0.3, -0.25) is 0 Å².